The van der Waals surface area contributed by atoms with Crippen LogP contribution in [0, 0.1) is 5.41 Å². The number of amidine groups is 1. The van der Waals surface area contributed by atoms with Crippen molar-refractivity contribution in [2.75, 3.05) is 0 Å². The third kappa shape index (κ3) is 2.15. The first kappa shape index (κ1) is 9.45. The van der Waals surface area contributed by atoms with Crippen LogP contribution in [0.2, 0.25) is 0 Å². The molecular weight excluding hydrogens is 164 g/mol. The van der Waals surface area contributed by atoms with Gasteiger partial charge >= 0.3 is 0 Å². The zero-order valence-electron chi connectivity index (χ0n) is 7.37. The van der Waals surface area contributed by atoms with Gasteiger partial charge in [-0.2, -0.15) is 0 Å². The van der Waals surface area contributed by atoms with Gasteiger partial charge < -0.3 is 5.73 Å². The molecule has 3 heteroatoms. The zero-order chi connectivity index (χ0) is 9.84. The summed E-state index contributed by atoms with van der Waals surface area (Å²) in [5.41, 5.74) is 6.84. The monoisotopic (exact) mass is 175 g/mol. The molecule has 0 bridgehead atoms. The molecule has 1 unspecified atom stereocenters. The topological polar surface area (TPSA) is 66.9 Å². The minimum absolute atomic E-state index is 0.0364. The molecule has 0 saturated heterocycles. The molecule has 0 heterocycles. The number of nitrogen functional groups attached to an aromatic ring is 1. The van der Waals surface area contributed by atoms with Crippen LogP contribution < -0.4 is 5.73 Å². The van der Waals surface area contributed by atoms with Crippen LogP contribution in [-0.4, -0.2) is 12.1 Å². The van der Waals surface area contributed by atoms with E-state index in [1.54, 1.807) is 31.2 Å². The number of rotatable bonds is 3. The van der Waals surface area contributed by atoms with Crippen LogP contribution >= 0.6 is 0 Å². The van der Waals surface area contributed by atoms with Gasteiger partial charge in [-0.05, 0) is 5.56 Å². The predicted molar refractivity (Wildman–Crippen MR) is 51.6 cm³/mol. The molecule has 3 nitrogen and oxygen atoms in total. The second-order valence-corrected chi connectivity index (χ2v) is 2.88. The van der Waals surface area contributed by atoms with Gasteiger partial charge in [0.05, 0.1) is 0 Å². The van der Waals surface area contributed by atoms with Crippen LogP contribution in [0.1, 0.15) is 24.0 Å². The summed E-state index contributed by atoms with van der Waals surface area (Å²) < 4.78 is 0. The fraction of sp³-hybridized carbons (Fsp3) is 0.200. The molecule has 67 valence electrons. The average Bonchev–Trinajstić information content (AvgIpc) is 2.17. The molecule has 1 aromatic carbocycles. The van der Waals surface area contributed by atoms with Crippen LogP contribution in [0.15, 0.2) is 24.3 Å². The molecule has 0 spiro atoms. The fourth-order valence-corrected chi connectivity index (χ4v) is 1.02. The first-order chi connectivity index (χ1) is 6.15. The summed E-state index contributed by atoms with van der Waals surface area (Å²) in [4.78, 5) is 10.3. The summed E-state index contributed by atoms with van der Waals surface area (Å²) >= 11 is 0. The molecule has 0 aliphatic rings. The Kier molecular flexibility index (Phi) is 2.80. The Bertz CT molecular complexity index is 316. The molecule has 1 radical (unpaired) electrons. The van der Waals surface area contributed by atoms with Crippen LogP contribution in [-0.2, 0) is 4.79 Å². The Balaban J connectivity index is 2.93. The first-order valence-electron chi connectivity index (χ1n) is 3.97. The summed E-state index contributed by atoms with van der Waals surface area (Å²) in [5.74, 6) is -0.185. The van der Waals surface area contributed by atoms with E-state index in [1.807, 2.05) is 6.29 Å². The van der Waals surface area contributed by atoms with E-state index in [0.29, 0.717) is 5.56 Å². The maximum absolute atomic E-state index is 10.3. The smallest absolute Gasteiger partial charge is 0.206 e. The van der Waals surface area contributed by atoms with Gasteiger partial charge in [0.15, 0.2) is 0 Å². The zero-order valence-corrected chi connectivity index (χ0v) is 7.37. The third-order valence-electron chi connectivity index (χ3n) is 1.90. The van der Waals surface area contributed by atoms with Gasteiger partial charge in [0.2, 0.25) is 6.29 Å². The highest BCUT2D eigenvalue weighted by molar-refractivity contribution is 5.94. The van der Waals surface area contributed by atoms with Crippen molar-refractivity contribution in [3.63, 3.8) is 0 Å². The molecular formula is C10H11N2O. The van der Waals surface area contributed by atoms with E-state index in [9.17, 15) is 4.79 Å². The molecule has 1 atom stereocenters. The minimum atomic E-state index is -0.221. The van der Waals surface area contributed by atoms with E-state index in [1.165, 1.54) is 0 Å². The van der Waals surface area contributed by atoms with E-state index in [2.05, 4.69) is 0 Å². The maximum Gasteiger partial charge on any atom is 0.206 e. The third-order valence-corrected chi connectivity index (χ3v) is 1.90. The van der Waals surface area contributed by atoms with Crippen molar-refractivity contribution >= 4 is 12.1 Å². The summed E-state index contributed by atoms with van der Waals surface area (Å²) in [6, 6.07) is 7.02. The maximum atomic E-state index is 10.3. The SMILES string of the molecule is CC([C]=O)c1ccc(C(=N)N)cc1. The van der Waals surface area contributed by atoms with Crippen molar-refractivity contribution in [1.82, 2.24) is 0 Å². The van der Waals surface area contributed by atoms with Gasteiger partial charge in [0.1, 0.15) is 5.84 Å². The second kappa shape index (κ2) is 3.85. The van der Waals surface area contributed by atoms with E-state index < -0.39 is 0 Å². The van der Waals surface area contributed by atoms with Crippen molar-refractivity contribution < 1.29 is 4.79 Å². The lowest BCUT2D eigenvalue weighted by atomic mass is 10.0. The lowest BCUT2D eigenvalue weighted by molar-refractivity contribution is 0.546. The summed E-state index contributed by atoms with van der Waals surface area (Å²) in [7, 11) is 0. The van der Waals surface area contributed by atoms with Crippen molar-refractivity contribution in [1.29, 1.82) is 5.41 Å². The van der Waals surface area contributed by atoms with Crippen molar-refractivity contribution in [3.05, 3.63) is 35.4 Å². The van der Waals surface area contributed by atoms with E-state index in [-0.39, 0.29) is 11.8 Å². The van der Waals surface area contributed by atoms with E-state index in [4.69, 9.17) is 11.1 Å². The largest absolute Gasteiger partial charge is 0.384 e. The summed E-state index contributed by atoms with van der Waals surface area (Å²) in [5, 5.41) is 7.16. The van der Waals surface area contributed by atoms with Crippen molar-refractivity contribution in [2.24, 2.45) is 5.73 Å². The minimum Gasteiger partial charge on any atom is -0.384 e. The molecule has 13 heavy (non-hydrogen) atoms. The number of benzene rings is 1. The Morgan fingerprint density at radius 3 is 2.38 bits per heavy atom. The molecule has 0 fully saturated rings. The number of carbonyl (C=O) groups excluding carboxylic acids is 1. The van der Waals surface area contributed by atoms with Crippen LogP contribution in [0.25, 0.3) is 0 Å². The predicted octanol–water partition coefficient (Wildman–Crippen LogP) is 1.18. The van der Waals surface area contributed by atoms with Crippen LogP contribution in [0.4, 0.5) is 0 Å². The Morgan fingerprint density at radius 2 is 2.00 bits per heavy atom. The number of nitrogens with one attached hydrogen (secondary N) is 1. The standard InChI is InChI=1S/C10H11N2O/c1-7(6-13)8-2-4-9(5-3-8)10(11)12/h2-5,7H,1H3,(H3,11,12). The van der Waals surface area contributed by atoms with Gasteiger partial charge in [-0.25, -0.2) is 0 Å². The van der Waals surface area contributed by atoms with Gasteiger partial charge in [-0.1, -0.05) is 31.2 Å². The van der Waals surface area contributed by atoms with Gasteiger partial charge in [0.25, 0.3) is 0 Å². The molecule has 1 aromatic rings. The highest BCUT2D eigenvalue weighted by Gasteiger charge is 2.04. The van der Waals surface area contributed by atoms with Crippen LogP contribution in [0.3, 0.4) is 0 Å². The normalized spacial score (nSPS) is 12.1. The second-order valence-electron chi connectivity index (χ2n) is 2.88. The van der Waals surface area contributed by atoms with Crippen LogP contribution in [0.5, 0.6) is 0 Å². The number of nitrogens with two attached hydrogens (primary N) is 1. The molecule has 0 aromatic heterocycles. The molecule has 3 N–H and O–H groups in total. The lowest BCUT2D eigenvalue weighted by Crippen LogP contribution is -2.10. The molecule has 0 aliphatic heterocycles. The van der Waals surface area contributed by atoms with Gasteiger partial charge in [0, 0.05) is 11.5 Å². The molecule has 0 aliphatic carbocycles. The lowest BCUT2D eigenvalue weighted by Gasteiger charge is -2.03. The Hall–Kier alpha value is -1.64. The molecule has 1 rings (SSSR count). The molecule has 0 saturated carbocycles. The highest BCUT2D eigenvalue weighted by atomic mass is 16.1. The van der Waals surface area contributed by atoms with Crippen molar-refractivity contribution in [2.45, 2.75) is 12.8 Å². The fourth-order valence-electron chi connectivity index (χ4n) is 1.02. The number of hydrogen-bond donors (Lipinski definition) is 2. The van der Waals surface area contributed by atoms with Crippen molar-refractivity contribution in [3.8, 4) is 0 Å². The van der Waals surface area contributed by atoms with Gasteiger partial charge in [-0.3, -0.25) is 10.2 Å². The number of hydrogen-bond acceptors (Lipinski definition) is 2. The van der Waals surface area contributed by atoms with E-state index >= 15 is 0 Å². The Labute approximate surface area is 77.1 Å². The first-order valence-corrected chi connectivity index (χ1v) is 3.97. The Morgan fingerprint density at radius 1 is 1.46 bits per heavy atom. The summed E-state index contributed by atoms with van der Waals surface area (Å²) in [6.07, 6.45) is 1.89. The highest BCUT2D eigenvalue weighted by Crippen LogP contribution is 2.13. The van der Waals surface area contributed by atoms with Gasteiger partial charge in [-0.15, -0.1) is 0 Å². The average molecular weight is 175 g/mol. The quantitative estimate of drug-likeness (QED) is 0.535. The van der Waals surface area contributed by atoms with E-state index in [0.717, 1.165) is 5.56 Å². The molecule has 0 amide bonds. The summed E-state index contributed by atoms with van der Waals surface area (Å²) in [6.45, 7) is 1.77.